The Morgan fingerprint density at radius 2 is 1.89 bits per heavy atom. The molecule has 0 atom stereocenters. The fourth-order valence-corrected chi connectivity index (χ4v) is 4.02. The topological polar surface area (TPSA) is 73.3 Å². The summed E-state index contributed by atoms with van der Waals surface area (Å²) in [5.74, 6) is 1.78. The van der Waals surface area contributed by atoms with Gasteiger partial charge in [0.2, 0.25) is 11.0 Å². The van der Waals surface area contributed by atoms with Crippen molar-refractivity contribution in [1.82, 2.24) is 10.2 Å². The fourth-order valence-electron chi connectivity index (χ4n) is 2.31. The van der Waals surface area contributed by atoms with Gasteiger partial charge in [-0.15, -0.1) is 10.2 Å². The van der Waals surface area contributed by atoms with Gasteiger partial charge in [-0.3, -0.25) is 10.1 Å². The summed E-state index contributed by atoms with van der Waals surface area (Å²) >= 11 is 2.94. The Labute approximate surface area is 171 Å². The van der Waals surface area contributed by atoms with E-state index in [9.17, 15) is 4.79 Å². The zero-order valence-electron chi connectivity index (χ0n) is 15.4. The number of hydrogen-bond acceptors (Lipinski definition) is 7. The molecule has 0 aliphatic rings. The highest BCUT2D eigenvalue weighted by Crippen LogP contribution is 2.29. The van der Waals surface area contributed by atoms with Crippen molar-refractivity contribution in [2.75, 3.05) is 19.5 Å². The second kappa shape index (κ2) is 9.91. The van der Waals surface area contributed by atoms with Crippen LogP contribution in [0.5, 0.6) is 11.5 Å². The van der Waals surface area contributed by atoms with Crippen LogP contribution in [0.15, 0.2) is 58.9 Å². The Kier molecular flexibility index (Phi) is 7.05. The molecule has 144 valence electrons. The second-order valence-electron chi connectivity index (χ2n) is 5.58. The molecule has 1 heterocycles. The monoisotopic (exact) mass is 413 g/mol. The van der Waals surface area contributed by atoms with Crippen LogP contribution in [-0.2, 0) is 10.5 Å². The molecule has 28 heavy (non-hydrogen) atoms. The molecule has 3 aromatic rings. The molecule has 0 aliphatic carbocycles. The Balaban J connectivity index is 1.55. The Hall–Kier alpha value is -2.84. The van der Waals surface area contributed by atoms with Crippen molar-refractivity contribution < 1.29 is 14.3 Å². The molecular weight excluding hydrogens is 394 g/mol. The third kappa shape index (κ3) is 5.58. The highest BCUT2D eigenvalue weighted by Gasteiger charge is 2.08. The maximum atomic E-state index is 12.1. The van der Waals surface area contributed by atoms with E-state index in [0.717, 1.165) is 15.7 Å². The lowest BCUT2D eigenvalue weighted by molar-refractivity contribution is -0.111. The molecule has 1 amide bonds. The van der Waals surface area contributed by atoms with E-state index in [1.807, 2.05) is 24.3 Å². The van der Waals surface area contributed by atoms with Gasteiger partial charge in [-0.2, -0.15) is 0 Å². The molecule has 0 saturated heterocycles. The Bertz CT molecular complexity index is 958. The van der Waals surface area contributed by atoms with Crippen molar-refractivity contribution in [1.29, 1.82) is 0 Å². The number of hydrogen-bond donors (Lipinski definition) is 1. The van der Waals surface area contributed by atoms with Crippen molar-refractivity contribution >= 4 is 40.2 Å². The first-order chi connectivity index (χ1) is 13.7. The van der Waals surface area contributed by atoms with Crippen LogP contribution in [0, 0.1) is 0 Å². The van der Waals surface area contributed by atoms with E-state index in [4.69, 9.17) is 9.47 Å². The largest absolute Gasteiger partial charge is 0.493 e. The molecule has 0 saturated carbocycles. The Morgan fingerprint density at radius 3 is 2.64 bits per heavy atom. The normalized spacial score (nSPS) is 10.8. The number of methoxy groups -OCH3 is 2. The summed E-state index contributed by atoms with van der Waals surface area (Å²) in [5, 5.41) is 11.3. The number of carbonyl (C=O) groups excluding carboxylic acids is 1. The molecule has 1 aromatic heterocycles. The van der Waals surface area contributed by atoms with Gasteiger partial charge in [0.05, 0.1) is 14.2 Å². The van der Waals surface area contributed by atoms with Crippen LogP contribution in [-0.4, -0.2) is 30.3 Å². The van der Waals surface area contributed by atoms with Crippen LogP contribution in [0.1, 0.15) is 11.1 Å². The van der Waals surface area contributed by atoms with Crippen molar-refractivity contribution in [2.45, 2.75) is 10.1 Å². The van der Waals surface area contributed by atoms with Crippen LogP contribution in [0.2, 0.25) is 0 Å². The van der Waals surface area contributed by atoms with E-state index >= 15 is 0 Å². The molecule has 2 aromatic carbocycles. The quantitative estimate of drug-likeness (QED) is 0.333. The summed E-state index contributed by atoms with van der Waals surface area (Å²) in [5.41, 5.74) is 2.04. The van der Waals surface area contributed by atoms with E-state index in [0.29, 0.717) is 16.6 Å². The summed E-state index contributed by atoms with van der Waals surface area (Å²) < 4.78 is 11.3. The van der Waals surface area contributed by atoms with Crippen LogP contribution in [0.3, 0.4) is 0 Å². The minimum Gasteiger partial charge on any atom is -0.493 e. The minimum atomic E-state index is -0.273. The predicted octanol–water partition coefficient (Wildman–Crippen LogP) is 4.50. The van der Waals surface area contributed by atoms with Gasteiger partial charge in [0.25, 0.3) is 0 Å². The molecular formula is C20H19N3O3S2. The average molecular weight is 414 g/mol. The number of nitrogens with zero attached hydrogens (tertiary/aromatic N) is 2. The lowest BCUT2D eigenvalue weighted by Gasteiger charge is -2.07. The number of benzene rings is 2. The maximum Gasteiger partial charge on any atom is 0.250 e. The molecule has 6 nitrogen and oxygen atoms in total. The predicted molar refractivity (Wildman–Crippen MR) is 113 cm³/mol. The van der Waals surface area contributed by atoms with Crippen molar-refractivity contribution in [2.24, 2.45) is 0 Å². The molecule has 0 radical (unpaired) electrons. The number of rotatable bonds is 8. The number of thioether (sulfide) groups is 1. The van der Waals surface area contributed by atoms with Gasteiger partial charge in [-0.1, -0.05) is 59.5 Å². The van der Waals surface area contributed by atoms with Crippen molar-refractivity contribution in [3.8, 4) is 11.5 Å². The van der Waals surface area contributed by atoms with Crippen LogP contribution in [0.4, 0.5) is 5.13 Å². The number of carbonyl (C=O) groups is 1. The van der Waals surface area contributed by atoms with Gasteiger partial charge in [0, 0.05) is 11.8 Å². The summed E-state index contributed by atoms with van der Waals surface area (Å²) in [7, 11) is 3.15. The molecule has 0 unspecified atom stereocenters. The van der Waals surface area contributed by atoms with Crippen molar-refractivity contribution in [3.05, 3.63) is 65.7 Å². The number of aromatic nitrogens is 2. The second-order valence-corrected chi connectivity index (χ2v) is 7.78. The first-order valence-electron chi connectivity index (χ1n) is 8.39. The van der Waals surface area contributed by atoms with Gasteiger partial charge in [-0.25, -0.2) is 0 Å². The van der Waals surface area contributed by atoms with Gasteiger partial charge >= 0.3 is 0 Å². The summed E-state index contributed by atoms with van der Waals surface area (Å²) in [6, 6.07) is 15.6. The molecule has 1 N–H and O–H groups in total. The smallest absolute Gasteiger partial charge is 0.250 e. The molecule has 0 fully saturated rings. The molecule has 0 bridgehead atoms. The number of ether oxygens (including phenoxy) is 2. The van der Waals surface area contributed by atoms with E-state index in [2.05, 4.69) is 27.6 Å². The SMILES string of the molecule is COc1ccc(/C=C/C(=O)Nc2nnc(SCc3ccccc3)s2)cc1OC. The summed E-state index contributed by atoms with van der Waals surface area (Å²) in [6.07, 6.45) is 3.14. The molecule has 0 aliphatic heterocycles. The Morgan fingerprint density at radius 1 is 1.11 bits per heavy atom. The first-order valence-corrected chi connectivity index (χ1v) is 10.2. The van der Waals surface area contributed by atoms with Crippen LogP contribution in [0.25, 0.3) is 6.08 Å². The van der Waals surface area contributed by atoms with E-state index < -0.39 is 0 Å². The minimum absolute atomic E-state index is 0.273. The van der Waals surface area contributed by atoms with E-state index in [1.54, 1.807) is 44.2 Å². The number of nitrogens with one attached hydrogen (secondary N) is 1. The standard InChI is InChI=1S/C20H19N3O3S2/c1-25-16-10-8-14(12-17(16)26-2)9-11-18(24)21-19-22-23-20(28-19)27-13-15-6-4-3-5-7-15/h3-12H,13H2,1-2H3,(H,21,22,24)/b11-9+. The van der Waals surface area contributed by atoms with Crippen LogP contribution >= 0.6 is 23.1 Å². The van der Waals surface area contributed by atoms with Gasteiger partial charge < -0.3 is 9.47 Å². The van der Waals surface area contributed by atoms with Crippen LogP contribution < -0.4 is 14.8 Å². The molecule has 0 spiro atoms. The highest BCUT2D eigenvalue weighted by molar-refractivity contribution is 8.00. The average Bonchev–Trinajstić information content (AvgIpc) is 3.18. The fraction of sp³-hybridized carbons (Fsp3) is 0.150. The third-order valence-corrected chi connectivity index (χ3v) is 5.72. The lowest BCUT2D eigenvalue weighted by atomic mass is 10.2. The maximum absolute atomic E-state index is 12.1. The van der Waals surface area contributed by atoms with E-state index in [1.165, 1.54) is 23.0 Å². The van der Waals surface area contributed by atoms with Crippen molar-refractivity contribution in [3.63, 3.8) is 0 Å². The zero-order valence-corrected chi connectivity index (χ0v) is 17.0. The zero-order chi connectivity index (χ0) is 19.8. The number of amides is 1. The summed E-state index contributed by atoms with van der Waals surface area (Å²) in [4.78, 5) is 12.1. The lowest BCUT2D eigenvalue weighted by Crippen LogP contribution is -2.07. The third-order valence-electron chi connectivity index (χ3n) is 3.68. The molecule has 8 heteroatoms. The van der Waals surface area contributed by atoms with Gasteiger partial charge in [0.1, 0.15) is 0 Å². The number of anilines is 1. The highest BCUT2D eigenvalue weighted by atomic mass is 32.2. The van der Waals surface area contributed by atoms with Gasteiger partial charge in [0.15, 0.2) is 15.8 Å². The van der Waals surface area contributed by atoms with Gasteiger partial charge in [-0.05, 0) is 29.3 Å². The summed E-state index contributed by atoms with van der Waals surface area (Å²) in [6.45, 7) is 0. The molecule has 3 rings (SSSR count). The van der Waals surface area contributed by atoms with E-state index in [-0.39, 0.29) is 5.91 Å². The first kappa shape index (κ1) is 19.9.